The first kappa shape index (κ1) is 15.0. The van der Waals surface area contributed by atoms with Gasteiger partial charge in [0.15, 0.2) is 0 Å². The molecule has 20 heavy (non-hydrogen) atoms. The number of aliphatic hydroxyl groups is 1. The largest absolute Gasteiger partial charge is 0.389 e. The van der Waals surface area contributed by atoms with Crippen LogP contribution < -0.4 is 5.32 Å². The van der Waals surface area contributed by atoms with Crippen molar-refractivity contribution in [1.29, 1.82) is 0 Å². The topological polar surface area (TPSA) is 58.6 Å². The van der Waals surface area contributed by atoms with Gasteiger partial charge in [-0.3, -0.25) is 4.79 Å². The smallest absolute Gasteiger partial charge is 0.223 e. The van der Waals surface area contributed by atoms with Crippen LogP contribution in [0.4, 0.5) is 0 Å². The fraction of sp³-hybridized carbons (Fsp3) is 0.562. The van der Waals surface area contributed by atoms with E-state index >= 15 is 0 Å². The maximum Gasteiger partial charge on any atom is 0.223 e. The molecule has 1 aromatic rings. The molecular weight excluding hydrogens is 254 g/mol. The first-order valence-electron chi connectivity index (χ1n) is 7.19. The fourth-order valence-corrected chi connectivity index (χ4v) is 2.83. The summed E-state index contributed by atoms with van der Waals surface area (Å²) in [4.78, 5) is 12.1. The van der Waals surface area contributed by atoms with Crippen LogP contribution in [0, 0.1) is 0 Å². The summed E-state index contributed by atoms with van der Waals surface area (Å²) in [5.74, 6) is -0.111. The van der Waals surface area contributed by atoms with Gasteiger partial charge in [-0.15, -0.1) is 0 Å². The molecule has 2 N–H and O–H groups in total. The number of hydrogen-bond acceptors (Lipinski definition) is 3. The number of amides is 1. The molecule has 110 valence electrons. The third-order valence-electron chi connectivity index (χ3n) is 3.89. The van der Waals surface area contributed by atoms with Crippen molar-refractivity contribution in [3.63, 3.8) is 0 Å². The minimum absolute atomic E-state index is 0.111. The van der Waals surface area contributed by atoms with E-state index in [1.165, 1.54) is 0 Å². The highest BCUT2D eigenvalue weighted by Gasteiger charge is 2.33. The standard InChI is InChI=1S/C16H23NO3/c1-20-12-14(13-7-3-2-4-8-13)17-15(18)11-16(19)9-5-6-10-16/h2-4,7-8,14,19H,5-6,9-12H2,1H3,(H,17,18). The summed E-state index contributed by atoms with van der Waals surface area (Å²) in [5, 5.41) is 13.2. The Hall–Kier alpha value is -1.39. The van der Waals surface area contributed by atoms with Gasteiger partial charge in [-0.1, -0.05) is 43.2 Å². The van der Waals surface area contributed by atoms with Crippen molar-refractivity contribution >= 4 is 5.91 Å². The van der Waals surface area contributed by atoms with Gasteiger partial charge < -0.3 is 15.2 Å². The van der Waals surface area contributed by atoms with Crippen molar-refractivity contribution in [1.82, 2.24) is 5.32 Å². The van der Waals surface area contributed by atoms with Gasteiger partial charge in [-0.2, -0.15) is 0 Å². The van der Waals surface area contributed by atoms with Crippen molar-refractivity contribution < 1.29 is 14.6 Å². The molecule has 1 amide bonds. The van der Waals surface area contributed by atoms with Crippen LogP contribution in [0.5, 0.6) is 0 Å². The summed E-state index contributed by atoms with van der Waals surface area (Å²) >= 11 is 0. The summed E-state index contributed by atoms with van der Waals surface area (Å²) in [6.07, 6.45) is 3.63. The molecule has 1 fully saturated rings. The van der Waals surface area contributed by atoms with Crippen molar-refractivity contribution in [2.45, 2.75) is 43.7 Å². The SMILES string of the molecule is COCC(NC(=O)CC1(O)CCCC1)c1ccccc1. The van der Waals surface area contributed by atoms with Crippen LogP contribution in [0.3, 0.4) is 0 Å². The zero-order valence-corrected chi connectivity index (χ0v) is 12.0. The van der Waals surface area contributed by atoms with E-state index in [2.05, 4.69) is 5.32 Å². The minimum atomic E-state index is -0.807. The van der Waals surface area contributed by atoms with Crippen molar-refractivity contribution in [3.8, 4) is 0 Å². The van der Waals surface area contributed by atoms with Gasteiger partial charge in [0.05, 0.1) is 24.7 Å². The predicted molar refractivity (Wildman–Crippen MR) is 77.2 cm³/mol. The first-order chi connectivity index (χ1) is 9.63. The highest BCUT2D eigenvalue weighted by Crippen LogP contribution is 2.32. The van der Waals surface area contributed by atoms with Crippen LogP contribution in [0.2, 0.25) is 0 Å². The molecule has 1 atom stereocenters. The van der Waals surface area contributed by atoms with Crippen LogP contribution in [-0.4, -0.2) is 30.3 Å². The molecule has 2 rings (SSSR count). The van der Waals surface area contributed by atoms with E-state index in [0.29, 0.717) is 6.61 Å². The predicted octanol–water partition coefficient (Wildman–Crippen LogP) is 2.19. The lowest BCUT2D eigenvalue weighted by molar-refractivity contribution is -0.127. The average Bonchev–Trinajstić information content (AvgIpc) is 2.85. The first-order valence-corrected chi connectivity index (χ1v) is 7.19. The van der Waals surface area contributed by atoms with Crippen LogP contribution in [0.25, 0.3) is 0 Å². The molecule has 0 aliphatic heterocycles. The molecule has 1 aromatic carbocycles. The number of benzene rings is 1. The van der Waals surface area contributed by atoms with Gasteiger partial charge in [0.2, 0.25) is 5.91 Å². The quantitative estimate of drug-likeness (QED) is 0.838. The lowest BCUT2D eigenvalue weighted by atomic mass is 9.97. The Morgan fingerprint density at radius 2 is 2.00 bits per heavy atom. The monoisotopic (exact) mass is 277 g/mol. The molecular formula is C16H23NO3. The maximum atomic E-state index is 12.1. The van der Waals surface area contributed by atoms with Gasteiger partial charge in [0.25, 0.3) is 0 Å². The zero-order chi connectivity index (χ0) is 14.4. The lowest BCUT2D eigenvalue weighted by Gasteiger charge is -2.24. The van der Waals surface area contributed by atoms with Crippen molar-refractivity contribution in [3.05, 3.63) is 35.9 Å². The summed E-state index contributed by atoms with van der Waals surface area (Å²) in [7, 11) is 1.62. The highest BCUT2D eigenvalue weighted by molar-refractivity contribution is 5.77. The molecule has 4 heteroatoms. The zero-order valence-electron chi connectivity index (χ0n) is 12.0. The van der Waals surface area contributed by atoms with E-state index in [1.807, 2.05) is 30.3 Å². The minimum Gasteiger partial charge on any atom is -0.389 e. The summed E-state index contributed by atoms with van der Waals surface area (Å²) in [5.41, 5.74) is 0.208. The molecule has 0 aromatic heterocycles. The van der Waals surface area contributed by atoms with Gasteiger partial charge >= 0.3 is 0 Å². The number of methoxy groups -OCH3 is 1. The summed E-state index contributed by atoms with van der Waals surface area (Å²) in [6, 6.07) is 9.58. The molecule has 0 heterocycles. The molecule has 0 spiro atoms. The highest BCUT2D eigenvalue weighted by atomic mass is 16.5. The van der Waals surface area contributed by atoms with Crippen LogP contribution in [0.1, 0.15) is 43.7 Å². The second kappa shape index (κ2) is 6.86. The second-order valence-corrected chi connectivity index (χ2v) is 5.59. The fourth-order valence-electron chi connectivity index (χ4n) is 2.83. The molecule has 0 saturated heterocycles. The van der Waals surface area contributed by atoms with Gasteiger partial charge in [-0.05, 0) is 18.4 Å². The van der Waals surface area contributed by atoms with E-state index in [-0.39, 0.29) is 18.4 Å². The number of nitrogens with one attached hydrogen (secondary N) is 1. The Labute approximate surface area is 120 Å². The van der Waals surface area contributed by atoms with E-state index in [0.717, 1.165) is 31.2 Å². The molecule has 1 saturated carbocycles. The third kappa shape index (κ3) is 4.05. The molecule has 4 nitrogen and oxygen atoms in total. The second-order valence-electron chi connectivity index (χ2n) is 5.59. The van der Waals surface area contributed by atoms with E-state index < -0.39 is 5.60 Å². The van der Waals surface area contributed by atoms with E-state index in [1.54, 1.807) is 7.11 Å². The van der Waals surface area contributed by atoms with Crippen molar-refractivity contribution in [2.24, 2.45) is 0 Å². The number of carbonyl (C=O) groups excluding carboxylic acids is 1. The van der Waals surface area contributed by atoms with Crippen molar-refractivity contribution in [2.75, 3.05) is 13.7 Å². The average molecular weight is 277 g/mol. The Kier molecular flexibility index (Phi) is 5.15. The molecule has 0 bridgehead atoms. The van der Waals surface area contributed by atoms with E-state index in [4.69, 9.17) is 4.74 Å². The summed E-state index contributed by atoms with van der Waals surface area (Å²) < 4.78 is 5.18. The van der Waals surface area contributed by atoms with Crippen LogP contribution in [-0.2, 0) is 9.53 Å². The van der Waals surface area contributed by atoms with Gasteiger partial charge in [0, 0.05) is 7.11 Å². The van der Waals surface area contributed by atoms with Crippen LogP contribution in [0.15, 0.2) is 30.3 Å². The molecule has 0 radical (unpaired) electrons. The van der Waals surface area contributed by atoms with Gasteiger partial charge in [-0.25, -0.2) is 0 Å². The van der Waals surface area contributed by atoms with E-state index in [9.17, 15) is 9.90 Å². The number of hydrogen-bond donors (Lipinski definition) is 2. The lowest BCUT2D eigenvalue weighted by Crippen LogP contribution is -2.37. The Morgan fingerprint density at radius 1 is 1.35 bits per heavy atom. The maximum absolute atomic E-state index is 12.1. The van der Waals surface area contributed by atoms with Gasteiger partial charge in [0.1, 0.15) is 0 Å². The summed E-state index contributed by atoms with van der Waals surface area (Å²) in [6.45, 7) is 0.425. The number of ether oxygens (including phenoxy) is 1. The molecule has 1 aliphatic rings. The Balaban J connectivity index is 1.96. The number of rotatable bonds is 6. The molecule has 1 aliphatic carbocycles. The Bertz CT molecular complexity index is 427. The number of carbonyl (C=O) groups is 1. The third-order valence-corrected chi connectivity index (χ3v) is 3.89. The van der Waals surface area contributed by atoms with Crippen LogP contribution >= 0.6 is 0 Å². The molecule has 1 unspecified atom stereocenters. The normalized spacial score (nSPS) is 18.7. The Morgan fingerprint density at radius 3 is 2.60 bits per heavy atom.